The van der Waals surface area contributed by atoms with E-state index in [1.54, 1.807) is 0 Å². The second-order valence-electron chi connectivity index (χ2n) is 13.2. The molecule has 1 aliphatic carbocycles. The summed E-state index contributed by atoms with van der Waals surface area (Å²) in [4.78, 5) is 2.32. The van der Waals surface area contributed by atoms with Crippen LogP contribution < -0.4 is 4.90 Å². The van der Waals surface area contributed by atoms with Crippen molar-refractivity contribution >= 4 is 38.9 Å². The van der Waals surface area contributed by atoms with Crippen molar-refractivity contribution < 1.29 is 4.39 Å². The summed E-state index contributed by atoms with van der Waals surface area (Å²) in [7, 11) is 0. The Kier molecular flexibility index (Phi) is 6.38. The average molecular weight is 621 g/mol. The quantitative estimate of drug-likeness (QED) is 0.186. The summed E-state index contributed by atoms with van der Waals surface area (Å²) in [6.07, 6.45) is 0. The number of hydrogen-bond donors (Lipinski definition) is 0. The number of halogens is 1. The molecular weight excluding hydrogens is 588 g/mol. The van der Waals surface area contributed by atoms with Crippen molar-refractivity contribution in [3.63, 3.8) is 0 Å². The van der Waals surface area contributed by atoms with Crippen LogP contribution in [0.4, 0.5) is 21.5 Å². The zero-order valence-corrected chi connectivity index (χ0v) is 26.9. The predicted molar refractivity (Wildman–Crippen MR) is 198 cm³/mol. The first kappa shape index (κ1) is 28.3. The summed E-state index contributed by atoms with van der Waals surface area (Å²) in [5, 5.41) is 2.54. The minimum Gasteiger partial charge on any atom is -0.310 e. The highest BCUT2D eigenvalue weighted by molar-refractivity contribution is 6.09. The molecule has 0 aliphatic heterocycles. The van der Waals surface area contributed by atoms with Crippen molar-refractivity contribution in [2.24, 2.45) is 0 Å². The molecule has 0 atom stereocenters. The van der Waals surface area contributed by atoms with Gasteiger partial charge in [-0.15, -0.1) is 0 Å². The molecule has 0 saturated carbocycles. The Morgan fingerprint density at radius 2 is 0.979 bits per heavy atom. The second-order valence-corrected chi connectivity index (χ2v) is 13.2. The highest BCUT2D eigenvalue weighted by Crippen LogP contribution is 2.51. The van der Waals surface area contributed by atoms with E-state index in [0.29, 0.717) is 0 Å². The lowest BCUT2D eigenvalue weighted by Gasteiger charge is -2.28. The van der Waals surface area contributed by atoms with Crippen LogP contribution in [0.1, 0.15) is 25.0 Å². The van der Waals surface area contributed by atoms with Crippen LogP contribution in [0.15, 0.2) is 164 Å². The lowest BCUT2D eigenvalue weighted by molar-refractivity contribution is 0.628. The number of fused-ring (bicyclic) bond motifs is 6. The molecule has 0 saturated heterocycles. The molecular formula is C45H33FN2. The molecule has 230 valence electrons. The minimum absolute atomic E-state index is 0.204. The summed E-state index contributed by atoms with van der Waals surface area (Å²) >= 11 is 0. The van der Waals surface area contributed by atoms with Gasteiger partial charge in [0, 0.05) is 38.9 Å². The zero-order chi connectivity index (χ0) is 32.4. The van der Waals surface area contributed by atoms with E-state index in [9.17, 15) is 4.39 Å². The summed E-state index contributed by atoms with van der Waals surface area (Å²) in [6.45, 7) is 4.70. The number of rotatable bonds is 5. The van der Waals surface area contributed by atoms with E-state index >= 15 is 0 Å². The Bertz CT molecular complexity index is 2420. The summed E-state index contributed by atoms with van der Waals surface area (Å²) in [5.74, 6) is -0.227. The Labute approximate surface area is 280 Å². The van der Waals surface area contributed by atoms with Gasteiger partial charge in [0.05, 0.1) is 11.0 Å². The van der Waals surface area contributed by atoms with Crippen LogP contribution in [0.25, 0.3) is 49.7 Å². The van der Waals surface area contributed by atoms with Gasteiger partial charge in [-0.2, -0.15) is 0 Å². The molecule has 0 fully saturated rings. The van der Waals surface area contributed by atoms with E-state index in [-0.39, 0.29) is 11.2 Å². The van der Waals surface area contributed by atoms with E-state index in [1.165, 1.54) is 61.9 Å². The fourth-order valence-electron chi connectivity index (χ4n) is 7.66. The van der Waals surface area contributed by atoms with E-state index < -0.39 is 0 Å². The number of benzene rings is 7. The van der Waals surface area contributed by atoms with Crippen molar-refractivity contribution in [2.45, 2.75) is 19.3 Å². The normalized spacial score (nSPS) is 13.1. The molecule has 8 aromatic rings. The first-order valence-electron chi connectivity index (χ1n) is 16.5. The highest BCUT2D eigenvalue weighted by Gasteiger charge is 2.36. The fourth-order valence-corrected chi connectivity index (χ4v) is 7.66. The van der Waals surface area contributed by atoms with Gasteiger partial charge in [-0.3, -0.25) is 0 Å². The highest BCUT2D eigenvalue weighted by atomic mass is 19.1. The van der Waals surface area contributed by atoms with Gasteiger partial charge in [0.15, 0.2) is 0 Å². The molecule has 0 bridgehead atoms. The number of anilines is 3. The van der Waals surface area contributed by atoms with E-state index in [0.717, 1.165) is 28.2 Å². The topological polar surface area (TPSA) is 8.17 Å². The molecule has 2 nitrogen and oxygen atoms in total. The van der Waals surface area contributed by atoms with Gasteiger partial charge in [0.25, 0.3) is 0 Å². The maximum absolute atomic E-state index is 13.6. The molecule has 9 rings (SSSR count). The van der Waals surface area contributed by atoms with Gasteiger partial charge in [-0.1, -0.05) is 105 Å². The standard InChI is InChI=1S/C45H33FN2/c1-45(2)41-28-35(47(33-10-4-3-5-11-33)34-22-18-31(19-23-34)30-16-20-32(46)21-17-30)24-26-37(41)38-27-25-36(29-42(38)45)48-43-14-8-6-12-39(43)40-13-7-9-15-44(40)48/h3-29H,1-2H3. The van der Waals surface area contributed by atoms with E-state index in [1.807, 2.05) is 12.1 Å². The first-order valence-corrected chi connectivity index (χ1v) is 16.5. The second kappa shape index (κ2) is 10.8. The number of para-hydroxylation sites is 3. The Morgan fingerprint density at radius 1 is 0.479 bits per heavy atom. The van der Waals surface area contributed by atoms with Crippen LogP contribution in [0.3, 0.4) is 0 Å². The molecule has 48 heavy (non-hydrogen) atoms. The zero-order valence-electron chi connectivity index (χ0n) is 26.9. The number of hydrogen-bond acceptors (Lipinski definition) is 1. The van der Waals surface area contributed by atoms with E-state index in [2.05, 4.69) is 163 Å². The van der Waals surface area contributed by atoms with Crippen molar-refractivity contribution in [1.29, 1.82) is 0 Å². The van der Waals surface area contributed by atoms with Crippen LogP contribution in [0, 0.1) is 5.82 Å². The van der Waals surface area contributed by atoms with Gasteiger partial charge < -0.3 is 9.47 Å². The Morgan fingerprint density at radius 3 is 1.62 bits per heavy atom. The SMILES string of the molecule is CC1(C)c2cc(N(c3ccccc3)c3ccc(-c4ccc(F)cc4)cc3)ccc2-c2ccc(-n3c4ccccc4c4ccccc43)cc21. The summed E-state index contributed by atoms with van der Waals surface area (Å²) in [6, 6.07) is 57.0. The summed E-state index contributed by atoms with van der Waals surface area (Å²) < 4.78 is 16.0. The van der Waals surface area contributed by atoms with E-state index in [4.69, 9.17) is 0 Å². The largest absolute Gasteiger partial charge is 0.310 e. The van der Waals surface area contributed by atoms with Crippen LogP contribution in [-0.4, -0.2) is 4.57 Å². The maximum atomic E-state index is 13.6. The van der Waals surface area contributed by atoms with Gasteiger partial charge in [0.1, 0.15) is 5.82 Å². The van der Waals surface area contributed by atoms with Crippen molar-refractivity contribution in [3.8, 4) is 27.9 Å². The molecule has 0 radical (unpaired) electrons. The third-order valence-corrected chi connectivity index (χ3v) is 10.1. The molecule has 0 amide bonds. The molecule has 7 aromatic carbocycles. The lowest BCUT2D eigenvalue weighted by atomic mass is 9.82. The summed E-state index contributed by atoms with van der Waals surface area (Å²) in [5.41, 5.74) is 14.0. The molecule has 0 N–H and O–H groups in total. The van der Waals surface area contributed by atoms with Crippen molar-refractivity contribution in [2.75, 3.05) is 4.90 Å². The Balaban J connectivity index is 1.14. The van der Waals surface area contributed by atoms with Gasteiger partial charge in [0.2, 0.25) is 0 Å². The smallest absolute Gasteiger partial charge is 0.123 e. The molecule has 1 aromatic heterocycles. The van der Waals surface area contributed by atoms with Gasteiger partial charge >= 0.3 is 0 Å². The monoisotopic (exact) mass is 620 g/mol. The van der Waals surface area contributed by atoms with Gasteiger partial charge in [-0.25, -0.2) is 4.39 Å². The first-order chi connectivity index (χ1) is 23.5. The van der Waals surface area contributed by atoms with Crippen LogP contribution in [-0.2, 0) is 5.41 Å². The van der Waals surface area contributed by atoms with Crippen LogP contribution in [0.2, 0.25) is 0 Å². The van der Waals surface area contributed by atoms with Crippen molar-refractivity contribution in [3.05, 3.63) is 181 Å². The molecule has 0 spiro atoms. The molecule has 1 heterocycles. The molecule has 3 heteroatoms. The Hall–Kier alpha value is -5.93. The maximum Gasteiger partial charge on any atom is 0.123 e. The third kappa shape index (κ3) is 4.39. The van der Waals surface area contributed by atoms with Crippen molar-refractivity contribution in [1.82, 2.24) is 4.57 Å². The van der Waals surface area contributed by atoms with Crippen LogP contribution >= 0.6 is 0 Å². The molecule has 0 unspecified atom stereocenters. The van der Waals surface area contributed by atoms with Gasteiger partial charge in [-0.05, 0) is 106 Å². The predicted octanol–water partition coefficient (Wildman–Crippen LogP) is 12.4. The average Bonchev–Trinajstić information content (AvgIpc) is 3.58. The van der Waals surface area contributed by atoms with Crippen LogP contribution in [0.5, 0.6) is 0 Å². The fraction of sp³-hybridized carbons (Fsp3) is 0.0667. The lowest BCUT2D eigenvalue weighted by Crippen LogP contribution is -2.17. The molecule has 1 aliphatic rings. The minimum atomic E-state index is -0.227. The number of nitrogens with zero attached hydrogens (tertiary/aromatic N) is 2. The third-order valence-electron chi connectivity index (χ3n) is 10.1. The number of aromatic nitrogens is 1.